The predicted molar refractivity (Wildman–Crippen MR) is 115 cm³/mol. The maximum absolute atomic E-state index is 12.4. The number of anilines is 1. The van der Waals surface area contributed by atoms with Gasteiger partial charge in [0.25, 0.3) is 15.7 Å². The topological polar surface area (TPSA) is 105 Å². The van der Waals surface area contributed by atoms with Crippen LogP contribution in [0.3, 0.4) is 0 Å². The van der Waals surface area contributed by atoms with Gasteiger partial charge >= 0.3 is 0 Å². The number of nitro groups is 1. The first-order valence-corrected chi connectivity index (χ1v) is 10.9. The number of aryl methyl sites for hydroxylation is 1. The zero-order valence-electron chi connectivity index (χ0n) is 16.8. The third kappa shape index (κ3) is 6.02. The number of benzene rings is 2. The normalized spacial score (nSPS) is 11.6. The van der Waals surface area contributed by atoms with Crippen molar-refractivity contribution in [3.05, 3.63) is 63.7 Å². The van der Waals surface area contributed by atoms with Gasteiger partial charge in [-0.15, -0.1) is 0 Å². The number of unbranched alkanes of at least 4 members (excludes halogenated alkanes) is 1. The molecule has 0 bridgehead atoms. The van der Waals surface area contributed by atoms with Gasteiger partial charge in [0.15, 0.2) is 0 Å². The molecule has 0 atom stereocenters. The van der Waals surface area contributed by atoms with Gasteiger partial charge in [0, 0.05) is 36.5 Å². The number of nitro benzene ring substituents is 1. The Labute approximate surface area is 171 Å². The molecule has 0 saturated heterocycles. The number of nitrogens with zero attached hydrogens (tertiary/aromatic N) is 3. The highest BCUT2D eigenvalue weighted by molar-refractivity contribution is 7.89. The summed E-state index contributed by atoms with van der Waals surface area (Å²) in [4.78, 5) is 15.0. The molecule has 0 aliphatic rings. The van der Waals surface area contributed by atoms with Gasteiger partial charge in [-0.25, -0.2) is 4.83 Å². The van der Waals surface area contributed by atoms with Crippen LogP contribution < -0.4 is 9.73 Å². The molecule has 2 rings (SSSR count). The van der Waals surface area contributed by atoms with Crippen molar-refractivity contribution in [2.24, 2.45) is 5.10 Å². The molecule has 0 saturated carbocycles. The zero-order chi connectivity index (χ0) is 21.4. The van der Waals surface area contributed by atoms with Gasteiger partial charge in [0.1, 0.15) is 0 Å². The highest BCUT2D eigenvalue weighted by Gasteiger charge is 2.15. The molecule has 1 N–H and O–H groups in total. The van der Waals surface area contributed by atoms with Crippen LogP contribution in [0.5, 0.6) is 0 Å². The minimum Gasteiger partial charge on any atom is -0.371 e. The van der Waals surface area contributed by atoms with E-state index in [2.05, 4.69) is 21.8 Å². The van der Waals surface area contributed by atoms with E-state index in [4.69, 9.17) is 0 Å². The van der Waals surface area contributed by atoms with Crippen LogP contribution in [0, 0.1) is 17.0 Å². The van der Waals surface area contributed by atoms with Crippen LogP contribution in [-0.2, 0) is 10.0 Å². The number of hydrogen-bond acceptors (Lipinski definition) is 6. The Balaban J connectivity index is 2.32. The molecular formula is C20H26N4O4S. The molecule has 29 heavy (non-hydrogen) atoms. The highest BCUT2D eigenvalue weighted by Crippen LogP contribution is 2.25. The second-order valence-corrected chi connectivity index (χ2v) is 8.26. The molecule has 2 aromatic rings. The summed E-state index contributed by atoms with van der Waals surface area (Å²) in [6.45, 7) is 7.46. The molecule has 0 aromatic heterocycles. The van der Waals surface area contributed by atoms with E-state index in [1.54, 1.807) is 18.2 Å². The molecule has 0 fully saturated rings. The molecule has 0 heterocycles. The summed E-state index contributed by atoms with van der Waals surface area (Å²) in [6, 6.07) is 10.9. The monoisotopic (exact) mass is 418 g/mol. The van der Waals surface area contributed by atoms with E-state index in [0.717, 1.165) is 30.6 Å². The summed E-state index contributed by atoms with van der Waals surface area (Å²) in [5.41, 5.74) is 2.11. The smallest absolute Gasteiger partial charge is 0.276 e. The fourth-order valence-electron chi connectivity index (χ4n) is 2.78. The Morgan fingerprint density at radius 1 is 1.17 bits per heavy atom. The molecule has 9 heteroatoms. The van der Waals surface area contributed by atoms with Crippen LogP contribution >= 0.6 is 0 Å². The maximum Gasteiger partial charge on any atom is 0.276 e. The summed E-state index contributed by atoms with van der Waals surface area (Å²) in [6.07, 6.45) is 3.30. The average Bonchev–Trinajstić information content (AvgIpc) is 2.69. The summed E-state index contributed by atoms with van der Waals surface area (Å²) in [5.74, 6) is 0. The minimum absolute atomic E-state index is 0.0804. The fraction of sp³-hybridized carbons (Fsp3) is 0.350. The van der Waals surface area contributed by atoms with Crippen molar-refractivity contribution in [3.63, 3.8) is 0 Å². The molecular weight excluding hydrogens is 392 g/mol. The Morgan fingerprint density at radius 3 is 2.45 bits per heavy atom. The van der Waals surface area contributed by atoms with Crippen molar-refractivity contribution in [1.29, 1.82) is 0 Å². The van der Waals surface area contributed by atoms with Crippen LogP contribution in [0.2, 0.25) is 0 Å². The third-order valence-corrected chi connectivity index (χ3v) is 5.67. The summed E-state index contributed by atoms with van der Waals surface area (Å²) in [7, 11) is -3.82. The van der Waals surface area contributed by atoms with Crippen LogP contribution in [0.25, 0.3) is 0 Å². The van der Waals surface area contributed by atoms with Crippen LogP contribution in [0.4, 0.5) is 11.4 Å². The van der Waals surface area contributed by atoms with Crippen LogP contribution in [-0.4, -0.2) is 32.6 Å². The molecule has 0 aliphatic carbocycles. The first-order valence-electron chi connectivity index (χ1n) is 9.43. The van der Waals surface area contributed by atoms with Gasteiger partial charge in [0.05, 0.1) is 16.0 Å². The van der Waals surface area contributed by atoms with Gasteiger partial charge in [-0.05, 0) is 38.5 Å². The Kier molecular flexibility index (Phi) is 7.72. The largest absolute Gasteiger partial charge is 0.371 e. The molecule has 156 valence electrons. The van der Waals surface area contributed by atoms with Crippen molar-refractivity contribution < 1.29 is 13.3 Å². The van der Waals surface area contributed by atoms with Gasteiger partial charge in [0.2, 0.25) is 0 Å². The van der Waals surface area contributed by atoms with E-state index >= 15 is 0 Å². The van der Waals surface area contributed by atoms with Crippen LogP contribution in [0.1, 0.15) is 37.8 Å². The highest BCUT2D eigenvalue weighted by atomic mass is 32.2. The summed E-state index contributed by atoms with van der Waals surface area (Å²) in [5, 5.41) is 15.0. The summed E-state index contributed by atoms with van der Waals surface area (Å²) >= 11 is 0. The van der Waals surface area contributed by atoms with Crippen molar-refractivity contribution in [3.8, 4) is 0 Å². The van der Waals surface area contributed by atoms with E-state index in [1.807, 2.05) is 13.8 Å². The lowest BCUT2D eigenvalue weighted by atomic mass is 10.1. The van der Waals surface area contributed by atoms with Crippen molar-refractivity contribution in [2.75, 3.05) is 18.0 Å². The third-order valence-electron chi connectivity index (χ3n) is 4.43. The van der Waals surface area contributed by atoms with E-state index < -0.39 is 14.9 Å². The van der Waals surface area contributed by atoms with Crippen molar-refractivity contribution in [1.82, 2.24) is 4.83 Å². The van der Waals surface area contributed by atoms with Gasteiger partial charge in [-0.3, -0.25) is 10.1 Å². The molecule has 0 unspecified atom stereocenters. The first kappa shape index (κ1) is 22.4. The van der Waals surface area contributed by atoms with E-state index in [9.17, 15) is 18.5 Å². The van der Waals surface area contributed by atoms with Crippen LogP contribution in [0.15, 0.2) is 52.5 Å². The number of hydrazone groups is 1. The number of sulfonamides is 1. The second kappa shape index (κ2) is 10.0. The lowest BCUT2D eigenvalue weighted by Gasteiger charge is -2.24. The standard InChI is InChI=1S/C20H26N4O4S/c1-4-6-13-23(5-2)20-12-9-18(24(25)26)14-17(20)15-21-22-29(27,28)19-10-7-16(3)8-11-19/h7-12,14-15,22H,4-6,13H2,1-3H3/b21-15+. The fourth-order valence-corrected chi connectivity index (χ4v) is 3.57. The number of rotatable bonds is 10. The molecule has 0 amide bonds. The first-order chi connectivity index (χ1) is 13.8. The Morgan fingerprint density at radius 2 is 1.86 bits per heavy atom. The predicted octanol–water partition coefficient (Wildman–Crippen LogP) is 3.84. The average molecular weight is 419 g/mol. The van der Waals surface area contributed by atoms with Crippen molar-refractivity contribution >= 4 is 27.6 Å². The number of non-ortho nitro benzene ring substituents is 1. The Hall–Kier alpha value is -2.94. The lowest BCUT2D eigenvalue weighted by molar-refractivity contribution is -0.384. The summed E-state index contributed by atoms with van der Waals surface area (Å²) < 4.78 is 24.8. The van der Waals surface area contributed by atoms with E-state index in [0.29, 0.717) is 12.1 Å². The molecule has 2 aromatic carbocycles. The molecule has 0 spiro atoms. The number of nitrogens with one attached hydrogen (secondary N) is 1. The lowest BCUT2D eigenvalue weighted by Crippen LogP contribution is -2.25. The second-order valence-electron chi connectivity index (χ2n) is 6.60. The zero-order valence-corrected chi connectivity index (χ0v) is 17.6. The minimum atomic E-state index is -3.82. The quantitative estimate of drug-likeness (QED) is 0.358. The van der Waals surface area contributed by atoms with Gasteiger partial charge < -0.3 is 4.90 Å². The Bertz CT molecular complexity index is 972. The molecule has 0 radical (unpaired) electrons. The maximum atomic E-state index is 12.4. The van der Waals surface area contributed by atoms with Gasteiger partial charge in [-0.1, -0.05) is 31.0 Å². The van der Waals surface area contributed by atoms with E-state index in [1.165, 1.54) is 30.5 Å². The molecule has 8 nitrogen and oxygen atoms in total. The SMILES string of the molecule is CCCCN(CC)c1ccc([N+](=O)[O-])cc1/C=N/NS(=O)(=O)c1ccc(C)cc1. The van der Waals surface area contributed by atoms with Gasteiger partial charge in [-0.2, -0.15) is 13.5 Å². The molecule has 0 aliphatic heterocycles. The number of hydrogen-bond donors (Lipinski definition) is 1. The van der Waals surface area contributed by atoms with E-state index in [-0.39, 0.29) is 10.6 Å². The van der Waals surface area contributed by atoms with Crippen molar-refractivity contribution in [2.45, 2.75) is 38.5 Å².